The summed E-state index contributed by atoms with van der Waals surface area (Å²) in [5.41, 5.74) is 1.24. The molecule has 2 heterocycles. The minimum atomic E-state index is -2.97. The topological polar surface area (TPSA) is 79.4 Å². The van der Waals surface area contributed by atoms with Gasteiger partial charge in [0, 0.05) is 23.2 Å². The van der Waals surface area contributed by atoms with Gasteiger partial charge in [-0.1, -0.05) is 49.3 Å². The summed E-state index contributed by atoms with van der Waals surface area (Å²) in [6, 6.07) is 9.88. The molecule has 0 bridgehead atoms. The first-order valence-corrected chi connectivity index (χ1v) is 12.8. The summed E-state index contributed by atoms with van der Waals surface area (Å²) in [4.78, 5) is 19.2. The summed E-state index contributed by atoms with van der Waals surface area (Å²) in [6.07, 6.45) is 7.23. The van der Waals surface area contributed by atoms with Crippen molar-refractivity contribution in [2.75, 3.05) is 25.1 Å². The average Bonchev–Trinajstić information content (AvgIpc) is 3.12. The number of carbonyl (C=O) groups is 1. The fourth-order valence-electron chi connectivity index (χ4n) is 4.55. The van der Waals surface area contributed by atoms with E-state index in [-0.39, 0.29) is 30.0 Å². The molecule has 1 atom stereocenters. The first kappa shape index (κ1) is 21.8. The molecule has 1 aromatic heterocycles. The monoisotopic (exact) mass is 439 g/mol. The number of fused-ring (bicyclic) bond motifs is 1. The van der Waals surface area contributed by atoms with Gasteiger partial charge in [-0.2, -0.15) is 0 Å². The van der Waals surface area contributed by atoms with E-state index >= 15 is 0 Å². The van der Waals surface area contributed by atoms with Gasteiger partial charge in [0.1, 0.15) is 5.54 Å². The Labute approximate surface area is 184 Å². The van der Waals surface area contributed by atoms with E-state index < -0.39 is 15.4 Å². The molecular formula is C24H29N3O3S. The molecule has 1 aliphatic carbocycles. The second-order valence-corrected chi connectivity index (χ2v) is 11.1. The quantitative estimate of drug-likeness (QED) is 0.741. The van der Waals surface area contributed by atoms with Crippen LogP contribution in [-0.4, -0.2) is 60.9 Å². The Kier molecular flexibility index (Phi) is 6.31. The van der Waals surface area contributed by atoms with Crippen LogP contribution in [0.2, 0.25) is 0 Å². The van der Waals surface area contributed by atoms with Crippen LogP contribution in [0.15, 0.2) is 36.5 Å². The van der Waals surface area contributed by atoms with Crippen LogP contribution >= 0.6 is 0 Å². The first-order valence-electron chi connectivity index (χ1n) is 10.9. The van der Waals surface area contributed by atoms with Crippen molar-refractivity contribution in [1.29, 1.82) is 0 Å². The van der Waals surface area contributed by atoms with E-state index in [0.29, 0.717) is 6.42 Å². The van der Waals surface area contributed by atoms with Crippen molar-refractivity contribution in [3.8, 4) is 11.8 Å². The molecule has 2 aliphatic rings. The van der Waals surface area contributed by atoms with E-state index in [4.69, 9.17) is 0 Å². The van der Waals surface area contributed by atoms with Crippen molar-refractivity contribution in [2.45, 2.75) is 50.1 Å². The summed E-state index contributed by atoms with van der Waals surface area (Å²) in [7, 11) is -1.15. The van der Waals surface area contributed by atoms with Crippen LogP contribution in [0.5, 0.6) is 0 Å². The molecule has 2 fully saturated rings. The number of likely N-dealkylation sites (N-methyl/N-ethyl adjacent to an activating group) is 1. The number of carbonyl (C=O) groups excluding carboxylic acids is 1. The molecule has 1 amide bonds. The third-order valence-electron chi connectivity index (χ3n) is 6.35. The summed E-state index contributed by atoms with van der Waals surface area (Å²) < 4.78 is 23.5. The maximum absolute atomic E-state index is 12.8. The van der Waals surface area contributed by atoms with Gasteiger partial charge >= 0.3 is 0 Å². The van der Waals surface area contributed by atoms with E-state index in [1.165, 1.54) is 0 Å². The molecule has 1 aromatic carbocycles. The van der Waals surface area contributed by atoms with Crippen LogP contribution in [0.25, 0.3) is 10.9 Å². The van der Waals surface area contributed by atoms with E-state index in [1.807, 2.05) is 42.3 Å². The maximum atomic E-state index is 12.8. The van der Waals surface area contributed by atoms with E-state index in [9.17, 15) is 13.2 Å². The SMILES string of the molecule is CN(CC(=O)NC1(C#Cc2cnc3ccccc3c2)CCCCC1)[C@H]1CCS(=O)(=O)C1. The number of pyridine rings is 1. The number of nitrogens with zero attached hydrogens (tertiary/aromatic N) is 2. The number of hydrogen-bond donors (Lipinski definition) is 1. The molecule has 6 nitrogen and oxygen atoms in total. The Balaban J connectivity index is 1.47. The highest BCUT2D eigenvalue weighted by Gasteiger charge is 2.34. The van der Waals surface area contributed by atoms with Crippen molar-refractivity contribution in [2.24, 2.45) is 0 Å². The number of sulfone groups is 1. The van der Waals surface area contributed by atoms with Gasteiger partial charge in [0.25, 0.3) is 0 Å². The molecule has 0 radical (unpaired) electrons. The van der Waals surface area contributed by atoms with Crippen molar-refractivity contribution in [1.82, 2.24) is 15.2 Å². The number of hydrogen-bond acceptors (Lipinski definition) is 5. The van der Waals surface area contributed by atoms with Gasteiger partial charge in [-0.05, 0) is 38.4 Å². The Morgan fingerprint density at radius 1 is 1.26 bits per heavy atom. The van der Waals surface area contributed by atoms with E-state index in [1.54, 1.807) is 6.20 Å². The average molecular weight is 440 g/mol. The smallest absolute Gasteiger partial charge is 0.235 e. The van der Waals surface area contributed by atoms with E-state index in [2.05, 4.69) is 22.1 Å². The predicted octanol–water partition coefficient (Wildman–Crippen LogP) is 2.52. The second-order valence-electron chi connectivity index (χ2n) is 8.83. The molecule has 7 heteroatoms. The molecule has 1 saturated heterocycles. The maximum Gasteiger partial charge on any atom is 0.235 e. The van der Waals surface area contributed by atoms with E-state index in [0.717, 1.165) is 48.6 Å². The summed E-state index contributed by atoms with van der Waals surface area (Å²) in [6.45, 7) is 0.182. The lowest BCUT2D eigenvalue weighted by Crippen LogP contribution is -2.52. The Morgan fingerprint density at radius 3 is 2.77 bits per heavy atom. The van der Waals surface area contributed by atoms with Crippen LogP contribution in [0.3, 0.4) is 0 Å². The molecular weight excluding hydrogens is 410 g/mol. The zero-order chi connectivity index (χ0) is 21.9. The standard InChI is InChI=1S/C24H29N3O3S/c1-27(21-10-14-31(29,30)18-21)17-23(28)26-24(11-5-2-6-12-24)13-9-19-15-20-7-3-4-8-22(20)25-16-19/h3-4,7-8,15-16,21H,2,5-6,10-12,14,17-18H2,1H3,(H,26,28)/t21-/m0/s1. The minimum Gasteiger partial charge on any atom is -0.339 e. The highest BCUT2D eigenvalue weighted by Crippen LogP contribution is 2.28. The highest BCUT2D eigenvalue weighted by atomic mass is 32.2. The number of aromatic nitrogens is 1. The number of benzene rings is 1. The molecule has 0 spiro atoms. The van der Waals surface area contributed by atoms with Gasteiger partial charge in [-0.15, -0.1) is 0 Å². The molecule has 164 valence electrons. The van der Waals surface area contributed by atoms with Crippen molar-refractivity contribution >= 4 is 26.6 Å². The number of para-hydroxylation sites is 1. The van der Waals surface area contributed by atoms with Crippen molar-refractivity contribution < 1.29 is 13.2 Å². The van der Waals surface area contributed by atoms with Gasteiger partial charge in [0.05, 0.1) is 23.6 Å². The van der Waals surface area contributed by atoms with Gasteiger partial charge < -0.3 is 5.32 Å². The number of rotatable bonds is 4. The second kappa shape index (κ2) is 8.97. The normalized spacial score (nSPS) is 22.1. The molecule has 1 aliphatic heterocycles. The lowest BCUT2D eigenvalue weighted by molar-refractivity contribution is -0.124. The zero-order valence-corrected chi connectivity index (χ0v) is 18.7. The molecule has 1 saturated carbocycles. The predicted molar refractivity (Wildman–Crippen MR) is 122 cm³/mol. The molecule has 2 aromatic rings. The van der Waals surface area contributed by atoms with Crippen molar-refractivity contribution in [3.63, 3.8) is 0 Å². The fraction of sp³-hybridized carbons (Fsp3) is 0.500. The van der Waals surface area contributed by atoms with Gasteiger partial charge in [0.2, 0.25) is 5.91 Å². The number of nitrogens with one attached hydrogen (secondary N) is 1. The largest absolute Gasteiger partial charge is 0.339 e. The summed E-state index contributed by atoms with van der Waals surface area (Å²) in [5.74, 6) is 6.86. The highest BCUT2D eigenvalue weighted by molar-refractivity contribution is 7.91. The third kappa shape index (κ3) is 5.44. The summed E-state index contributed by atoms with van der Waals surface area (Å²) in [5, 5.41) is 4.24. The minimum absolute atomic E-state index is 0.0900. The zero-order valence-electron chi connectivity index (χ0n) is 17.9. The molecule has 4 rings (SSSR count). The van der Waals surface area contributed by atoms with Crippen LogP contribution in [0, 0.1) is 11.8 Å². The Bertz CT molecular complexity index is 1130. The number of amides is 1. The third-order valence-corrected chi connectivity index (χ3v) is 8.10. The van der Waals surface area contributed by atoms with Crippen molar-refractivity contribution in [3.05, 3.63) is 42.1 Å². The Hall–Kier alpha value is -2.43. The van der Waals surface area contributed by atoms with Crippen LogP contribution < -0.4 is 5.32 Å². The van der Waals surface area contributed by atoms with Gasteiger partial charge in [-0.3, -0.25) is 14.7 Å². The Morgan fingerprint density at radius 2 is 2.03 bits per heavy atom. The van der Waals surface area contributed by atoms with Crippen LogP contribution in [0.1, 0.15) is 44.1 Å². The fourth-order valence-corrected chi connectivity index (χ4v) is 6.36. The lowest BCUT2D eigenvalue weighted by atomic mass is 9.82. The van der Waals surface area contributed by atoms with Crippen LogP contribution in [-0.2, 0) is 14.6 Å². The van der Waals surface area contributed by atoms with Gasteiger partial charge in [-0.25, -0.2) is 8.42 Å². The molecule has 1 N–H and O–H groups in total. The first-order chi connectivity index (χ1) is 14.8. The van der Waals surface area contributed by atoms with Gasteiger partial charge in [0.15, 0.2) is 9.84 Å². The van der Waals surface area contributed by atoms with Crippen LogP contribution in [0.4, 0.5) is 0 Å². The molecule has 31 heavy (non-hydrogen) atoms. The lowest BCUT2D eigenvalue weighted by Gasteiger charge is -2.34. The summed E-state index contributed by atoms with van der Waals surface area (Å²) >= 11 is 0. The molecule has 0 unspecified atom stereocenters.